The summed E-state index contributed by atoms with van der Waals surface area (Å²) in [6.45, 7) is 1.16. The van der Waals surface area contributed by atoms with Crippen LogP contribution in [-0.2, 0) is 19.6 Å². The van der Waals surface area contributed by atoms with Crippen molar-refractivity contribution >= 4 is 33.2 Å². The van der Waals surface area contributed by atoms with Gasteiger partial charge in [0.15, 0.2) is 6.61 Å². The molecular formula is C19H21ClN2O6S. The van der Waals surface area contributed by atoms with Crippen molar-refractivity contribution in [1.82, 2.24) is 4.31 Å². The highest BCUT2D eigenvalue weighted by Gasteiger charge is 2.26. The van der Waals surface area contributed by atoms with Crippen molar-refractivity contribution in [3.63, 3.8) is 0 Å². The summed E-state index contributed by atoms with van der Waals surface area (Å²) in [5, 5.41) is 3.12. The number of hydrogen-bond donors (Lipinski definition) is 1. The maximum atomic E-state index is 12.6. The highest BCUT2D eigenvalue weighted by molar-refractivity contribution is 7.89. The van der Waals surface area contributed by atoms with Crippen molar-refractivity contribution in [2.45, 2.75) is 4.90 Å². The molecule has 1 fully saturated rings. The van der Waals surface area contributed by atoms with E-state index in [2.05, 4.69) is 5.32 Å². The lowest BCUT2D eigenvalue weighted by atomic mass is 10.3. The minimum atomic E-state index is -3.57. The van der Waals surface area contributed by atoms with E-state index in [1.54, 1.807) is 18.2 Å². The van der Waals surface area contributed by atoms with Crippen LogP contribution in [0, 0.1) is 0 Å². The Morgan fingerprint density at radius 3 is 2.52 bits per heavy atom. The van der Waals surface area contributed by atoms with E-state index in [0.29, 0.717) is 48.5 Å². The van der Waals surface area contributed by atoms with Gasteiger partial charge in [-0.15, -0.1) is 0 Å². The second-order valence-corrected chi connectivity index (χ2v) is 8.54. The molecule has 1 aliphatic heterocycles. The number of nitrogens with one attached hydrogen (secondary N) is 1. The van der Waals surface area contributed by atoms with Crippen molar-refractivity contribution < 1.29 is 27.4 Å². The number of ether oxygens (including phenoxy) is 3. The van der Waals surface area contributed by atoms with Crippen LogP contribution in [0.25, 0.3) is 0 Å². The SMILES string of the molecule is COc1ccc(Cl)cc1NC(=O)COc1ccc(S(=O)(=O)N2CCOCC2)cc1. The van der Waals surface area contributed by atoms with Gasteiger partial charge in [0.1, 0.15) is 11.5 Å². The quantitative estimate of drug-likeness (QED) is 0.710. The van der Waals surface area contributed by atoms with Crippen LogP contribution in [0.1, 0.15) is 0 Å². The Labute approximate surface area is 174 Å². The Balaban J connectivity index is 1.59. The van der Waals surface area contributed by atoms with E-state index in [-0.39, 0.29) is 11.5 Å². The van der Waals surface area contributed by atoms with Gasteiger partial charge in [0.2, 0.25) is 10.0 Å². The van der Waals surface area contributed by atoms with E-state index >= 15 is 0 Å². The third-order valence-corrected chi connectivity index (χ3v) is 6.39. The zero-order chi connectivity index (χ0) is 20.9. The first-order chi connectivity index (χ1) is 13.9. The van der Waals surface area contributed by atoms with Gasteiger partial charge in [-0.1, -0.05) is 11.6 Å². The predicted octanol–water partition coefficient (Wildman–Crippen LogP) is 2.39. The first-order valence-electron chi connectivity index (χ1n) is 8.84. The molecule has 3 rings (SSSR count). The first kappa shape index (κ1) is 21.4. The third kappa shape index (κ3) is 5.39. The molecule has 8 nitrogen and oxygen atoms in total. The number of carbonyl (C=O) groups is 1. The van der Waals surface area contributed by atoms with Crippen LogP contribution in [0.5, 0.6) is 11.5 Å². The zero-order valence-electron chi connectivity index (χ0n) is 15.8. The molecule has 1 aliphatic rings. The standard InChI is InChI=1S/C19H21ClN2O6S/c1-26-18-7-2-14(20)12-17(18)21-19(23)13-28-15-3-5-16(6-4-15)29(24,25)22-8-10-27-11-9-22/h2-7,12H,8-11,13H2,1H3,(H,21,23). The van der Waals surface area contributed by atoms with Crippen LogP contribution < -0.4 is 14.8 Å². The molecular weight excluding hydrogens is 420 g/mol. The third-order valence-electron chi connectivity index (χ3n) is 4.24. The molecule has 0 aliphatic carbocycles. The molecule has 2 aromatic carbocycles. The molecule has 29 heavy (non-hydrogen) atoms. The summed E-state index contributed by atoms with van der Waals surface area (Å²) in [5.74, 6) is 0.440. The summed E-state index contributed by atoms with van der Waals surface area (Å²) in [7, 11) is -2.08. The second-order valence-electron chi connectivity index (χ2n) is 6.17. The molecule has 0 atom stereocenters. The fourth-order valence-corrected chi connectivity index (χ4v) is 4.34. The summed E-state index contributed by atoms with van der Waals surface area (Å²) in [5.41, 5.74) is 0.431. The van der Waals surface area contributed by atoms with Crippen molar-refractivity contribution in [2.75, 3.05) is 45.3 Å². The number of benzene rings is 2. The number of anilines is 1. The van der Waals surface area contributed by atoms with Crippen molar-refractivity contribution in [1.29, 1.82) is 0 Å². The summed E-state index contributed by atoms with van der Waals surface area (Å²) >= 11 is 5.94. The molecule has 1 N–H and O–H groups in total. The fraction of sp³-hybridized carbons (Fsp3) is 0.316. The first-order valence-corrected chi connectivity index (χ1v) is 10.7. The van der Waals surface area contributed by atoms with E-state index < -0.39 is 15.9 Å². The number of rotatable bonds is 7. The van der Waals surface area contributed by atoms with Crippen LogP contribution in [-0.4, -0.2) is 58.7 Å². The molecule has 10 heteroatoms. The molecule has 1 saturated heterocycles. The van der Waals surface area contributed by atoms with Gasteiger partial charge < -0.3 is 19.5 Å². The Morgan fingerprint density at radius 2 is 1.86 bits per heavy atom. The number of amides is 1. The molecule has 156 valence electrons. The minimum Gasteiger partial charge on any atom is -0.495 e. The van der Waals surface area contributed by atoms with E-state index in [9.17, 15) is 13.2 Å². The largest absolute Gasteiger partial charge is 0.495 e. The number of nitrogens with zero attached hydrogens (tertiary/aromatic N) is 1. The average Bonchev–Trinajstić information content (AvgIpc) is 2.73. The van der Waals surface area contributed by atoms with Gasteiger partial charge in [-0.3, -0.25) is 4.79 Å². The maximum absolute atomic E-state index is 12.6. The van der Waals surface area contributed by atoms with Gasteiger partial charge >= 0.3 is 0 Å². The summed E-state index contributed by atoms with van der Waals surface area (Å²) < 4.78 is 42.4. The Morgan fingerprint density at radius 1 is 1.17 bits per heavy atom. The molecule has 0 bridgehead atoms. The predicted molar refractivity (Wildman–Crippen MR) is 108 cm³/mol. The number of methoxy groups -OCH3 is 1. The lowest BCUT2D eigenvalue weighted by molar-refractivity contribution is -0.118. The Bertz CT molecular complexity index is 959. The number of sulfonamides is 1. The minimum absolute atomic E-state index is 0.167. The number of morpholine rings is 1. The van der Waals surface area contributed by atoms with E-state index in [1.165, 1.54) is 35.7 Å². The van der Waals surface area contributed by atoms with Crippen LogP contribution >= 0.6 is 11.6 Å². The normalized spacial score (nSPS) is 15.0. The van der Waals surface area contributed by atoms with Gasteiger partial charge in [0.05, 0.1) is 30.9 Å². The van der Waals surface area contributed by atoms with Gasteiger partial charge in [-0.2, -0.15) is 4.31 Å². The number of carbonyl (C=O) groups excluding carboxylic acids is 1. The van der Waals surface area contributed by atoms with Crippen LogP contribution in [0.4, 0.5) is 5.69 Å². The molecule has 0 unspecified atom stereocenters. The monoisotopic (exact) mass is 440 g/mol. The van der Waals surface area contributed by atoms with Gasteiger partial charge in [0, 0.05) is 18.1 Å². The van der Waals surface area contributed by atoms with Crippen molar-refractivity contribution in [3.05, 3.63) is 47.5 Å². The van der Waals surface area contributed by atoms with Crippen molar-refractivity contribution in [3.8, 4) is 11.5 Å². The van der Waals surface area contributed by atoms with E-state index in [1.807, 2.05) is 0 Å². The topological polar surface area (TPSA) is 94.2 Å². The lowest BCUT2D eigenvalue weighted by Gasteiger charge is -2.26. The molecule has 0 saturated carbocycles. The highest BCUT2D eigenvalue weighted by Crippen LogP contribution is 2.27. The molecule has 2 aromatic rings. The maximum Gasteiger partial charge on any atom is 0.262 e. The molecule has 0 aromatic heterocycles. The summed E-state index contributed by atoms with van der Waals surface area (Å²) in [4.78, 5) is 12.3. The lowest BCUT2D eigenvalue weighted by Crippen LogP contribution is -2.40. The smallest absolute Gasteiger partial charge is 0.262 e. The van der Waals surface area contributed by atoms with Gasteiger partial charge in [0.25, 0.3) is 5.91 Å². The van der Waals surface area contributed by atoms with Crippen LogP contribution in [0.3, 0.4) is 0 Å². The summed E-state index contributed by atoms with van der Waals surface area (Å²) in [6, 6.07) is 10.8. The highest BCUT2D eigenvalue weighted by atomic mass is 35.5. The fourth-order valence-electron chi connectivity index (χ4n) is 2.76. The summed E-state index contributed by atoms with van der Waals surface area (Å²) in [6.07, 6.45) is 0. The van der Waals surface area contributed by atoms with Gasteiger partial charge in [-0.25, -0.2) is 8.42 Å². The molecule has 1 heterocycles. The molecule has 0 spiro atoms. The Kier molecular flexibility index (Phi) is 6.96. The number of halogens is 1. The zero-order valence-corrected chi connectivity index (χ0v) is 17.3. The van der Waals surface area contributed by atoms with Gasteiger partial charge in [-0.05, 0) is 42.5 Å². The van der Waals surface area contributed by atoms with E-state index in [0.717, 1.165) is 0 Å². The van der Waals surface area contributed by atoms with Crippen molar-refractivity contribution in [2.24, 2.45) is 0 Å². The Hall–Kier alpha value is -2.33. The molecule has 0 radical (unpaired) electrons. The van der Waals surface area contributed by atoms with Crippen LogP contribution in [0.15, 0.2) is 47.4 Å². The van der Waals surface area contributed by atoms with E-state index in [4.69, 9.17) is 25.8 Å². The van der Waals surface area contributed by atoms with Crippen LogP contribution in [0.2, 0.25) is 5.02 Å². The molecule has 1 amide bonds. The average molecular weight is 441 g/mol. The number of hydrogen-bond acceptors (Lipinski definition) is 6. The second kappa shape index (κ2) is 9.45.